The van der Waals surface area contributed by atoms with Gasteiger partial charge in [0, 0.05) is 25.8 Å². The van der Waals surface area contributed by atoms with E-state index in [-0.39, 0.29) is 0 Å². The van der Waals surface area contributed by atoms with Gasteiger partial charge in [-0.3, -0.25) is 9.67 Å². The molecule has 0 amide bonds. The topological polar surface area (TPSA) is 68.2 Å². The first-order valence-corrected chi connectivity index (χ1v) is 6.78. The fourth-order valence-corrected chi connectivity index (χ4v) is 2.41. The van der Waals surface area contributed by atoms with Gasteiger partial charge in [-0.2, -0.15) is 5.10 Å². The molecule has 1 heterocycles. The zero-order valence-electron chi connectivity index (χ0n) is 11.1. The van der Waals surface area contributed by atoms with Gasteiger partial charge in [0.25, 0.3) is 0 Å². The number of aromatic nitrogens is 2. The molecule has 0 unspecified atom stereocenters. The highest BCUT2D eigenvalue weighted by atomic mass is 15.2. The molecule has 1 saturated carbocycles. The second-order valence-electron chi connectivity index (χ2n) is 5.02. The van der Waals surface area contributed by atoms with Gasteiger partial charge in [-0.1, -0.05) is 19.3 Å². The molecule has 0 bridgehead atoms. The van der Waals surface area contributed by atoms with E-state index in [9.17, 15) is 0 Å². The molecule has 1 aliphatic carbocycles. The SMILES string of the molecule is Cn1cc(CCN=C(N)NC2CCCCC2)cn1. The summed E-state index contributed by atoms with van der Waals surface area (Å²) < 4.78 is 1.81. The van der Waals surface area contributed by atoms with Crippen molar-refractivity contribution >= 4 is 5.96 Å². The maximum absolute atomic E-state index is 5.89. The van der Waals surface area contributed by atoms with Crippen LogP contribution in [0.2, 0.25) is 0 Å². The Labute approximate surface area is 108 Å². The quantitative estimate of drug-likeness (QED) is 0.622. The first-order chi connectivity index (χ1) is 8.74. The highest BCUT2D eigenvalue weighted by molar-refractivity contribution is 5.78. The molecule has 5 nitrogen and oxygen atoms in total. The van der Waals surface area contributed by atoms with Crippen LogP contribution in [0.1, 0.15) is 37.7 Å². The molecule has 5 heteroatoms. The summed E-state index contributed by atoms with van der Waals surface area (Å²) in [6.07, 6.45) is 11.2. The van der Waals surface area contributed by atoms with Gasteiger partial charge in [-0.25, -0.2) is 0 Å². The smallest absolute Gasteiger partial charge is 0.188 e. The molecule has 0 atom stereocenters. The van der Waals surface area contributed by atoms with Crippen LogP contribution in [0.5, 0.6) is 0 Å². The van der Waals surface area contributed by atoms with Crippen LogP contribution in [0.25, 0.3) is 0 Å². The molecular formula is C13H23N5. The predicted molar refractivity (Wildman–Crippen MR) is 73.4 cm³/mol. The molecular weight excluding hydrogens is 226 g/mol. The first-order valence-electron chi connectivity index (χ1n) is 6.78. The lowest BCUT2D eigenvalue weighted by Crippen LogP contribution is -2.41. The van der Waals surface area contributed by atoms with Crippen LogP contribution in [0, 0.1) is 0 Å². The van der Waals surface area contributed by atoms with Crippen LogP contribution in [-0.4, -0.2) is 28.3 Å². The average Bonchev–Trinajstić information content (AvgIpc) is 2.76. The third-order valence-corrected chi connectivity index (χ3v) is 3.40. The van der Waals surface area contributed by atoms with E-state index in [0.29, 0.717) is 12.0 Å². The molecule has 0 aromatic carbocycles. The zero-order valence-corrected chi connectivity index (χ0v) is 11.1. The van der Waals surface area contributed by atoms with Crippen LogP contribution in [0.3, 0.4) is 0 Å². The first kappa shape index (κ1) is 12.9. The van der Waals surface area contributed by atoms with Crippen LogP contribution in [0.4, 0.5) is 0 Å². The number of nitrogens with zero attached hydrogens (tertiary/aromatic N) is 3. The van der Waals surface area contributed by atoms with Crippen molar-refractivity contribution in [1.82, 2.24) is 15.1 Å². The summed E-state index contributed by atoms with van der Waals surface area (Å²) in [5.41, 5.74) is 7.09. The Kier molecular flexibility index (Phi) is 4.61. The van der Waals surface area contributed by atoms with Gasteiger partial charge >= 0.3 is 0 Å². The van der Waals surface area contributed by atoms with E-state index in [1.807, 2.05) is 24.1 Å². The lowest BCUT2D eigenvalue weighted by atomic mass is 9.96. The fraction of sp³-hybridized carbons (Fsp3) is 0.692. The van der Waals surface area contributed by atoms with Gasteiger partial charge in [0.2, 0.25) is 0 Å². The van der Waals surface area contributed by atoms with Crippen LogP contribution >= 0.6 is 0 Å². The van der Waals surface area contributed by atoms with E-state index in [1.165, 1.54) is 37.7 Å². The fourth-order valence-electron chi connectivity index (χ4n) is 2.41. The maximum Gasteiger partial charge on any atom is 0.188 e. The molecule has 18 heavy (non-hydrogen) atoms. The van der Waals surface area contributed by atoms with Crippen molar-refractivity contribution < 1.29 is 0 Å². The number of rotatable bonds is 4. The van der Waals surface area contributed by atoms with Crippen molar-refractivity contribution in [2.75, 3.05) is 6.54 Å². The predicted octanol–water partition coefficient (Wildman–Crippen LogP) is 1.20. The molecule has 100 valence electrons. The van der Waals surface area contributed by atoms with Crippen LogP contribution in [-0.2, 0) is 13.5 Å². The van der Waals surface area contributed by atoms with Crippen molar-refractivity contribution in [3.05, 3.63) is 18.0 Å². The monoisotopic (exact) mass is 249 g/mol. The van der Waals surface area contributed by atoms with Crippen molar-refractivity contribution in [2.24, 2.45) is 17.8 Å². The number of hydrogen-bond donors (Lipinski definition) is 2. The molecule has 0 radical (unpaired) electrons. The Bertz CT molecular complexity index is 390. The summed E-state index contributed by atoms with van der Waals surface area (Å²) in [5, 5.41) is 7.45. The Morgan fingerprint density at radius 2 is 2.28 bits per heavy atom. The van der Waals surface area contributed by atoms with Gasteiger partial charge in [-0.05, 0) is 24.8 Å². The van der Waals surface area contributed by atoms with Crippen molar-refractivity contribution in [3.63, 3.8) is 0 Å². The summed E-state index contributed by atoms with van der Waals surface area (Å²) in [6.45, 7) is 0.719. The molecule has 1 fully saturated rings. The zero-order chi connectivity index (χ0) is 12.8. The normalized spacial score (nSPS) is 17.9. The maximum atomic E-state index is 5.89. The molecule has 2 rings (SSSR count). The number of nitrogens with one attached hydrogen (secondary N) is 1. The van der Waals surface area contributed by atoms with Crippen molar-refractivity contribution in [2.45, 2.75) is 44.6 Å². The summed E-state index contributed by atoms with van der Waals surface area (Å²) in [7, 11) is 1.92. The number of aliphatic imine (C=N–C) groups is 1. The third-order valence-electron chi connectivity index (χ3n) is 3.40. The van der Waals surface area contributed by atoms with Gasteiger partial charge in [0.05, 0.1) is 6.20 Å². The molecule has 1 aliphatic rings. The van der Waals surface area contributed by atoms with Crippen LogP contribution in [0.15, 0.2) is 17.4 Å². The minimum Gasteiger partial charge on any atom is -0.370 e. The Morgan fingerprint density at radius 1 is 1.50 bits per heavy atom. The van der Waals surface area contributed by atoms with E-state index in [2.05, 4.69) is 15.4 Å². The number of aryl methyl sites for hydroxylation is 1. The summed E-state index contributed by atoms with van der Waals surface area (Å²) in [4.78, 5) is 4.37. The molecule has 0 saturated heterocycles. The van der Waals surface area contributed by atoms with Gasteiger partial charge in [0.15, 0.2) is 5.96 Å². The average molecular weight is 249 g/mol. The van der Waals surface area contributed by atoms with Crippen molar-refractivity contribution in [1.29, 1.82) is 0 Å². The Morgan fingerprint density at radius 3 is 2.94 bits per heavy atom. The van der Waals surface area contributed by atoms with E-state index in [1.54, 1.807) is 0 Å². The van der Waals surface area contributed by atoms with Crippen molar-refractivity contribution in [3.8, 4) is 0 Å². The minimum atomic E-state index is 0.529. The van der Waals surface area contributed by atoms with Crippen LogP contribution < -0.4 is 11.1 Å². The molecule has 0 aliphatic heterocycles. The highest BCUT2D eigenvalue weighted by Crippen LogP contribution is 2.16. The summed E-state index contributed by atoms with van der Waals surface area (Å²) in [5.74, 6) is 0.589. The van der Waals surface area contributed by atoms with E-state index >= 15 is 0 Å². The van der Waals surface area contributed by atoms with Gasteiger partial charge < -0.3 is 11.1 Å². The van der Waals surface area contributed by atoms with E-state index < -0.39 is 0 Å². The lowest BCUT2D eigenvalue weighted by Gasteiger charge is -2.23. The third kappa shape index (κ3) is 4.05. The second kappa shape index (κ2) is 6.42. The van der Waals surface area contributed by atoms with Gasteiger partial charge in [0.1, 0.15) is 0 Å². The Balaban J connectivity index is 1.71. The Hall–Kier alpha value is -1.52. The number of guanidine groups is 1. The lowest BCUT2D eigenvalue weighted by molar-refractivity contribution is 0.412. The largest absolute Gasteiger partial charge is 0.370 e. The standard InChI is InChI=1S/C13H23N5/c1-18-10-11(9-16-18)7-8-15-13(14)17-12-5-3-2-4-6-12/h9-10,12H,2-8H2,1H3,(H3,14,15,17). The second-order valence-corrected chi connectivity index (χ2v) is 5.02. The molecule has 1 aromatic rings. The summed E-state index contributed by atoms with van der Waals surface area (Å²) in [6, 6.07) is 0.529. The van der Waals surface area contributed by atoms with Gasteiger partial charge in [-0.15, -0.1) is 0 Å². The van der Waals surface area contributed by atoms with E-state index in [0.717, 1.165) is 13.0 Å². The molecule has 0 spiro atoms. The summed E-state index contributed by atoms with van der Waals surface area (Å²) >= 11 is 0. The number of hydrogen-bond acceptors (Lipinski definition) is 2. The molecule has 3 N–H and O–H groups in total. The molecule has 1 aromatic heterocycles. The minimum absolute atomic E-state index is 0.529. The van der Waals surface area contributed by atoms with E-state index in [4.69, 9.17) is 5.73 Å². The number of nitrogens with two attached hydrogens (primary N) is 1. The highest BCUT2D eigenvalue weighted by Gasteiger charge is 2.13.